The number of nitrogens with one attached hydrogen (secondary N) is 2. The van der Waals surface area contributed by atoms with E-state index in [0.29, 0.717) is 0 Å². The topological polar surface area (TPSA) is 24.1 Å². The first kappa shape index (κ1) is 11.3. The summed E-state index contributed by atoms with van der Waals surface area (Å²) in [6, 6.07) is 0. The van der Waals surface area contributed by atoms with Crippen molar-refractivity contribution in [3.63, 3.8) is 0 Å². The monoisotopic (exact) mass is 153 g/mol. The summed E-state index contributed by atoms with van der Waals surface area (Å²) >= 11 is 0. The summed E-state index contributed by atoms with van der Waals surface area (Å²) in [5, 5.41) is 6.44. The first-order valence-corrected chi connectivity index (χ1v) is 2.41. The number of hydrogen-bond donors (Lipinski definition) is 2. The van der Waals surface area contributed by atoms with E-state index in [1.807, 2.05) is 0 Å². The Hall–Kier alpha value is 0.504. The summed E-state index contributed by atoms with van der Waals surface area (Å²) in [7, 11) is 0. The summed E-state index contributed by atoms with van der Waals surface area (Å²) < 4.78 is 0. The van der Waals surface area contributed by atoms with E-state index in [4.69, 9.17) is 0 Å². The summed E-state index contributed by atoms with van der Waals surface area (Å²) in [5.41, 5.74) is 0. The van der Waals surface area contributed by atoms with Crippen molar-refractivity contribution >= 4 is 8.41 Å². The smallest absolute Gasteiger partial charge is 0.00772 e. The fraction of sp³-hybridized carbons (Fsp3) is 1.00. The molecule has 1 rings (SSSR count). The molecule has 1 aliphatic rings. The van der Waals surface area contributed by atoms with Gasteiger partial charge in [-0.2, -0.15) is 0 Å². The standard InChI is InChI=1S/C4H10N2.B.Fe/c1-2-6-4-3-5-1;;/h5-6H,1-4H2;;. The van der Waals surface area contributed by atoms with Gasteiger partial charge in [0, 0.05) is 51.7 Å². The van der Waals surface area contributed by atoms with Crippen molar-refractivity contribution < 1.29 is 17.1 Å². The third-order valence-electron chi connectivity index (χ3n) is 0.957. The van der Waals surface area contributed by atoms with Crippen LogP contribution >= 0.6 is 0 Å². The summed E-state index contributed by atoms with van der Waals surface area (Å²) in [5.74, 6) is 0. The van der Waals surface area contributed by atoms with Crippen LogP contribution in [0.1, 0.15) is 0 Å². The molecule has 0 amide bonds. The van der Waals surface area contributed by atoms with Crippen molar-refractivity contribution in [3.05, 3.63) is 0 Å². The fourth-order valence-corrected chi connectivity index (χ4v) is 0.604. The molecule has 0 saturated carbocycles. The van der Waals surface area contributed by atoms with Gasteiger partial charge in [-0.25, -0.2) is 0 Å². The van der Waals surface area contributed by atoms with E-state index < -0.39 is 0 Å². The molecule has 2 N–H and O–H groups in total. The van der Waals surface area contributed by atoms with Crippen molar-refractivity contribution in [1.82, 2.24) is 10.6 Å². The van der Waals surface area contributed by atoms with Gasteiger partial charge in [0.1, 0.15) is 0 Å². The predicted molar refractivity (Wildman–Crippen MR) is 31.5 cm³/mol. The van der Waals surface area contributed by atoms with Gasteiger partial charge in [0.15, 0.2) is 0 Å². The zero-order chi connectivity index (χ0) is 4.24. The zero-order valence-electron chi connectivity index (χ0n) is 4.76. The molecular weight excluding hydrogens is 143 g/mol. The Morgan fingerprint density at radius 3 is 1.12 bits per heavy atom. The van der Waals surface area contributed by atoms with E-state index in [-0.39, 0.29) is 25.5 Å². The first-order chi connectivity index (χ1) is 3.00. The Balaban J connectivity index is 0. The van der Waals surface area contributed by atoms with Gasteiger partial charge in [-0.3, -0.25) is 0 Å². The molecule has 2 nitrogen and oxygen atoms in total. The normalized spacial score (nSPS) is 18.0. The number of hydrogen-bond acceptors (Lipinski definition) is 2. The molecule has 0 aromatic heterocycles. The minimum atomic E-state index is 0. The van der Waals surface area contributed by atoms with Crippen molar-refractivity contribution in [2.75, 3.05) is 26.2 Å². The van der Waals surface area contributed by atoms with Gasteiger partial charge in [-0.15, -0.1) is 0 Å². The van der Waals surface area contributed by atoms with Crippen LogP contribution in [0.15, 0.2) is 0 Å². The number of piperazine rings is 1. The van der Waals surface area contributed by atoms with Crippen molar-refractivity contribution in [2.45, 2.75) is 0 Å². The molecule has 8 heavy (non-hydrogen) atoms. The Morgan fingerprint density at radius 2 is 1.00 bits per heavy atom. The second-order valence-corrected chi connectivity index (χ2v) is 1.50. The minimum Gasteiger partial charge on any atom is -0.314 e. The van der Waals surface area contributed by atoms with Gasteiger partial charge in [0.2, 0.25) is 0 Å². The van der Waals surface area contributed by atoms with Crippen LogP contribution in [0.4, 0.5) is 0 Å². The minimum absolute atomic E-state index is 0. The summed E-state index contributed by atoms with van der Waals surface area (Å²) in [4.78, 5) is 0. The van der Waals surface area contributed by atoms with Crippen molar-refractivity contribution in [3.8, 4) is 0 Å². The maximum Gasteiger partial charge on any atom is 0.00772 e. The van der Waals surface area contributed by atoms with Crippen LogP contribution in [0, 0.1) is 0 Å². The van der Waals surface area contributed by atoms with Crippen LogP contribution in [0.25, 0.3) is 0 Å². The van der Waals surface area contributed by atoms with Crippen LogP contribution in [0.2, 0.25) is 0 Å². The molecule has 1 saturated heterocycles. The van der Waals surface area contributed by atoms with Gasteiger partial charge in [-0.1, -0.05) is 0 Å². The maximum absolute atomic E-state index is 3.22. The number of rotatable bonds is 0. The molecule has 0 aromatic rings. The van der Waals surface area contributed by atoms with Crippen LogP contribution in [-0.2, 0) is 17.1 Å². The molecule has 0 atom stereocenters. The molecular formula is C4H10BFeN2. The average Bonchev–Trinajstić information content (AvgIpc) is 1.72. The van der Waals surface area contributed by atoms with E-state index in [2.05, 4.69) is 10.6 Å². The molecule has 0 aromatic carbocycles. The molecule has 0 bridgehead atoms. The van der Waals surface area contributed by atoms with Gasteiger partial charge in [0.05, 0.1) is 0 Å². The van der Waals surface area contributed by atoms with E-state index >= 15 is 0 Å². The van der Waals surface area contributed by atoms with E-state index in [9.17, 15) is 0 Å². The Morgan fingerprint density at radius 1 is 0.750 bits per heavy atom. The first-order valence-electron chi connectivity index (χ1n) is 2.41. The summed E-state index contributed by atoms with van der Waals surface area (Å²) in [6.07, 6.45) is 0. The van der Waals surface area contributed by atoms with E-state index in [1.165, 1.54) is 0 Å². The molecule has 1 aliphatic heterocycles. The maximum atomic E-state index is 3.22. The Labute approximate surface area is 62.8 Å². The molecule has 1 fully saturated rings. The molecule has 47 valence electrons. The zero-order valence-corrected chi connectivity index (χ0v) is 5.86. The summed E-state index contributed by atoms with van der Waals surface area (Å²) in [6.45, 7) is 4.56. The SMILES string of the molecule is C1CNCCN1.[B].[Fe]. The predicted octanol–water partition coefficient (Wildman–Crippen LogP) is -1.20. The van der Waals surface area contributed by atoms with Crippen molar-refractivity contribution in [2.24, 2.45) is 0 Å². The van der Waals surface area contributed by atoms with Crippen LogP contribution in [0.3, 0.4) is 0 Å². The van der Waals surface area contributed by atoms with Crippen LogP contribution in [-0.4, -0.2) is 34.6 Å². The second-order valence-electron chi connectivity index (χ2n) is 1.50. The molecule has 1 heterocycles. The molecule has 3 radical (unpaired) electrons. The van der Waals surface area contributed by atoms with E-state index in [0.717, 1.165) is 26.2 Å². The van der Waals surface area contributed by atoms with Gasteiger partial charge in [0.25, 0.3) is 0 Å². The van der Waals surface area contributed by atoms with Crippen molar-refractivity contribution in [1.29, 1.82) is 0 Å². The fourth-order valence-electron chi connectivity index (χ4n) is 0.604. The quantitative estimate of drug-likeness (QED) is 0.427. The molecule has 0 unspecified atom stereocenters. The van der Waals surface area contributed by atoms with E-state index in [1.54, 1.807) is 0 Å². The Bertz CT molecular complexity index is 29.5. The van der Waals surface area contributed by atoms with Gasteiger partial charge in [-0.05, 0) is 0 Å². The third-order valence-corrected chi connectivity index (χ3v) is 0.957. The molecule has 0 spiro atoms. The van der Waals surface area contributed by atoms with Crippen LogP contribution < -0.4 is 10.6 Å². The largest absolute Gasteiger partial charge is 0.314 e. The molecule has 0 aliphatic carbocycles. The average molecular weight is 153 g/mol. The Kier molecular flexibility index (Phi) is 10.6. The van der Waals surface area contributed by atoms with Gasteiger partial charge >= 0.3 is 0 Å². The van der Waals surface area contributed by atoms with Gasteiger partial charge < -0.3 is 10.6 Å². The third kappa shape index (κ3) is 4.66. The van der Waals surface area contributed by atoms with Crippen LogP contribution in [0.5, 0.6) is 0 Å². The molecule has 4 heteroatoms. The second kappa shape index (κ2) is 7.50.